The smallest absolute Gasteiger partial charge is 0.304 e. The number of hydrogen-bond acceptors (Lipinski definition) is 5. The lowest BCUT2D eigenvalue weighted by Crippen LogP contribution is -2.60. The first kappa shape index (κ1) is 22.5. The molecule has 1 N–H and O–H groups in total. The second-order valence-electron chi connectivity index (χ2n) is 7.49. The van der Waals surface area contributed by atoms with Crippen molar-refractivity contribution in [2.45, 2.75) is 48.4 Å². The fraction of sp³-hybridized carbons (Fsp3) is 0.381. The number of carbonyl (C=O) groups excluding carboxylic acids is 1. The predicted molar refractivity (Wildman–Crippen MR) is 104 cm³/mol. The van der Waals surface area contributed by atoms with Crippen LogP contribution in [-0.4, -0.2) is 26.8 Å². The Bertz CT molecular complexity index is 1020. The molecule has 1 aliphatic carbocycles. The summed E-state index contributed by atoms with van der Waals surface area (Å²) < 4.78 is 69.6. The highest BCUT2D eigenvalue weighted by Crippen LogP contribution is 2.42. The van der Waals surface area contributed by atoms with Crippen molar-refractivity contribution in [2.75, 3.05) is 7.05 Å². The molecule has 0 heterocycles. The van der Waals surface area contributed by atoms with Gasteiger partial charge in [-0.05, 0) is 63.1 Å². The normalized spacial score (nSPS) is 25.3. The average Bonchev–Trinajstić information content (AvgIpc) is 2.70. The molecule has 0 spiro atoms. The minimum atomic E-state index is -4.50. The highest BCUT2D eigenvalue weighted by atomic mass is 32.2. The molecular weight excluding hydrogens is 419 g/mol. The van der Waals surface area contributed by atoms with Crippen molar-refractivity contribution in [1.29, 1.82) is 0 Å². The van der Waals surface area contributed by atoms with Gasteiger partial charge in [0.05, 0.1) is 10.5 Å². The Morgan fingerprint density at radius 3 is 2.13 bits per heavy atom. The SMILES string of the molecule is CN[C@@]1(c2ccc(C(F)(F)F)cc2)CCC[C@](C)(OS(=O)(=O)c2ccccc2)C1=O. The lowest BCUT2D eigenvalue weighted by atomic mass is 9.69. The number of carbonyl (C=O) groups is 1. The van der Waals surface area contributed by atoms with E-state index in [1.165, 1.54) is 38.2 Å². The van der Waals surface area contributed by atoms with E-state index in [1.54, 1.807) is 18.2 Å². The van der Waals surface area contributed by atoms with E-state index in [0.717, 1.165) is 12.1 Å². The Morgan fingerprint density at radius 2 is 1.60 bits per heavy atom. The van der Waals surface area contributed by atoms with Crippen LogP contribution < -0.4 is 5.32 Å². The molecule has 2 aromatic carbocycles. The van der Waals surface area contributed by atoms with E-state index in [1.807, 2.05) is 0 Å². The fourth-order valence-electron chi connectivity index (χ4n) is 3.93. The maximum absolute atomic E-state index is 13.5. The summed E-state index contributed by atoms with van der Waals surface area (Å²) in [6, 6.07) is 11.8. The van der Waals surface area contributed by atoms with Gasteiger partial charge in [-0.2, -0.15) is 21.6 Å². The minimum Gasteiger partial charge on any atom is -0.304 e. The van der Waals surface area contributed by atoms with Gasteiger partial charge in [0.25, 0.3) is 10.1 Å². The third-order valence-electron chi connectivity index (χ3n) is 5.53. The zero-order chi connectivity index (χ0) is 22.2. The molecular formula is C21H22F3NO4S. The van der Waals surface area contributed by atoms with Gasteiger partial charge in [0.1, 0.15) is 11.1 Å². The summed E-state index contributed by atoms with van der Waals surface area (Å²) in [5.74, 6) is -0.539. The molecule has 1 fully saturated rings. The lowest BCUT2D eigenvalue weighted by Gasteiger charge is -2.44. The third-order valence-corrected chi connectivity index (χ3v) is 6.97. The monoisotopic (exact) mass is 441 g/mol. The van der Waals surface area contributed by atoms with Gasteiger partial charge in [0.2, 0.25) is 0 Å². The quantitative estimate of drug-likeness (QED) is 0.709. The Kier molecular flexibility index (Phi) is 5.83. The number of likely N-dealkylation sites (N-methyl/N-ethyl adjacent to an activating group) is 1. The van der Waals surface area contributed by atoms with Crippen LogP contribution in [0.25, 0.3) is 0 Å². The summed E-state index contributed by atoms with van der Waals surface area (Å²) in [6.45, 7) is 1.41. The van der Waals surface area contributed by atoms with Crippen molar-refractivity contribution >= 4 is 15.9 Å². The van der Waals surface area contributed by atoms with Gasteiger partial charge in [-0.25, -0.2) is 0 Å². The summed E-state index contributed by atoms with van der Waals surface area (Å²) in [6.07, 6.45) is -3.59. The molecule has 162 valence electrons. The molecule has 0 aliphatic heterocycles. The Morgan fingerprint density at radius 1 is 1.00 bits per heavy atom. The Labute approximate surface area is 173 Å². The van der Waals surface area contributed by atoms with Gasteiger partial charge >= 0.3 is 6.18 Å². The maximum atomic E-state index is 13.5. The lowest BCUT2D eigenvalue weighted by molar-refractivity contribution is -0.145. The van der Waals surface area contributed by atoms with Crippen molar-refractivity contribution in [3.05, 3.63) is 65.7 Å². The van der Waals surface area contributed by atoms with Crippen molar-refractivity contribution < 1.29 is 30.6 Å². The molecule has 2 atom stereocenters. The van der Waals surface area contributed by atoms with E-state index in [0.29, 0.717) is 18.4 Å². The van der Waals surface area contributed by atoms with Crippen molar-refractivity contribution in [3.63, 3.8) is 0 Å². The fourth-order valence-corrected chi connectivity index (χ4v) is 5.16. The Hall–Kier alpha value is -2.23. The molecule has 2 aromatic rings. The van der Waals surface area contributed by atoms with E-state index in [9.17, 15) is 26.4 Å². The van der Waals surface area contributed by atoms with Crippen LogP contribution in [0.5, 0.6) is 0 Å². The molecule has 0 aromatic heterocycles. The van der Waals surface area contributed by atoms with Crippen LogP contribution >= 0.6 is 0 Å². The number of rotatable bonds is 5. The van der Waals surface area contributed by atoms with Crippen molar-refractivity contribution in [1.82, 2.24) is 5.32 Å². The predicted octanol–water partition coefficient (Wildman–Crippen LogP) is 4.04. The molecule has 3 rings (SSSR count). The molecule has 1 aliphatic rings. The molecule has 9 heteroatoms. The van der Waals surface area contributed by atoms with Gasteiger partial charge in [-0.3, -0.25) is 8.98 Å². The van der Waals surface area contributed by atoms with E-state index in [-0.39, 0.29) is 11.3 Å². The van der Waals surface area contributed by atoms with Crippen LogP contribution in [0, 0.1) is 0 Å². The van der Waals surface area contributed by atoms with E-state index >= 15 is 0 Å². The van der Waals surface area contributed by atoms with Crippen LogP contribution in [0.4, 0.5) is 13.2 Å². The average molecular weight is 441 g/mol. The van der Waals surface area contributed by atoms with Crippen LogP contribution in [0.15, 0.2) is 59.5 Å². The second kappa shape index (κ2) is 7.79. The molecule has 5 nitrogen and oxygen atoms in total. The number of benzene rings is 2. The molecule has 0 bridgehead atoms. The first-order chi connectivity index (χ1) is 13.9. The van der Waals surface area contributed by atoms with E-state index < -0.39 is 38.8 Å². The number of halogens is 3. The maximum Gasteiger partial charge on any atom is 0.416 e. The number of hydrogen-bond donors (Lipinski definition) is 1. The standard InChI is InChI=1S/C21H22F3NO4S/c1-19(29-30(27,28)17-7-4-3-5-8-17)13-6-14-20(25-2,18(19)26)15-9-11-16(12-10-15)21(22,23)24/h3-5,7-12,25H,6,13-14H2,1-2H3/t19-,20+/m0/s1. The topological polar surface area (TPSA) is 72.5 Å². The summed E-state index contributed by atoms with van der Waals surface area (Å²) >= 11 is 0. The second-order valence-corrected chi connectivity index (χ2v) is 9.04. The molecule has 0 amide bonds. The largest absolute Gasteiger partial charge is 0.416 e. The minimum absolute atomic E-state index is 0.0748. The zero-order valence-corrected chi connectivity index (χ0v) is 17.3. The number of Topliss-reactive ketones (excluding diaryl/α,β-unsaturated/α-hetero) is 1. The van der Waals surface area contributed by atoms with E-state index in [4.69, 9.17) is 4.18 Å². The van der Waals surface area contributed by atoms with Gasteiger partial charge < -0.3 is 5.32 Å². The molecule has 30 heavy (non-hydrogen) atoms. The van der Waals surface area contributed by atoms with Crippen molar-refractivity contribution in [2.24, 2.45) is 0 Å². The summed E-state index contributed by atoms with van der Waals surface area (Å²) in [5.41, 5.74) is -3.52. The van der Waals surface area contributed by atoms with Gasteiger partial charge in [-0.1, -0.05) is 30.3 Å². The molecule has 1 saturated carbocycles. The number of ketones is 1. The summed E-state index contributed by atoms with van der Waals surface area (Å²) in [4.78, 5) is 13.4. The molecule has 0 radical (unpaired) electrons. The van der Waals surface area contributed by atoms with Gasteiger partial charge in [-0.15, -0.1) is 0 Å². The number of alkyl halides is 3. The first-order valence-electron chi connectivity index (χ1n) is 9.37. The Balaban J connectivity index is 1.97. The van der Waals surface area contributed by atoms with Crippen LogP contribution in [0.3, 0.4) is 0 Å². The molecule has 0 unspecified atom stereocenters. The van der Waals surface area contributed by atoms with Crippen molar-refractivity contribution in [3.8, 4) is 0 Å². The van der Waals surface area contributed by atoms with Crippen LogP contribution in [-0.2, 0) is 30.8 Å². The summed E-state index contributed by atoms with van der Waals surface area (Å²) in [7, 11) is -2.69. The molecule has 0 saturated heterocycles. The van der Waals surface area contributed by atoms with Crippen LogP contribution in [0.1, 0.15) is 37.3 Å². The van der Waals surface area contributed by atoms with Crippen LogP contribution in [0.2, 0.25) is 0 Å². The highest BCUT2D eigenvalue weighted by Gasteiger charge is 2.54. The first-order valence-corrected chi connectivity index (χ1v) is 10.8. The zero-order valence-electron chi connectivity index (χ0n) is 16.5. The van der Waals surface area contributed by atoms with Gasteiger partial charge in [0, 0.05) is 0 Å². The van der Waals surface area contributed by atoms with Gasteiger partial charge in [0.15, 0.2) is 5.78 Å². The van der Waals surface area contributed by atoms with E-state index in [2.05, 4.69) is 5.32 Å². The number of nitrogens with one attached hydrogen (secondary N) is 1. The third kappa shape index (κ3) is 4.01. The highest BCUT2D eigenvalue weighted by molar-refractivity contribution is 7.86. The summed E-state index contributed by atoms with van der Waals surface area (Å²) in [5, 5.41) is 2.92.